The second kappa shape index (κ2) is 8.42. The number of halogens is 2. The molecular weight excluding hydrogens is 410 g/mol. The first-order valence-corrected chi connectivity index (χ1v) is 9.81. The number of carbonyl (C=O) groups is 1. The number of benzene rings is 2. The number of fused-ring (bicyclic) bond motifs is 1. The molecule has 0 radical (unpaired) electrons. The van der Waals surface area contributed by atoms with Crippen molar-refractivity contribution in [1.29, 1.82) is 0 Å². The first-order chi connectivity index (χ1) is 14.5. The van der Waals surface area contributed by atoms with Gasteiger partial charge in [-0.1, -0.05) is 23.9 Å². The summed E-state index contributed by atoms with van der Waals surface area (Å²) in [5.41, 5.74) is 0.878. The molecular formula is C21H14F2N4O2S. The fraction of sp³-hybridized carbons (Fsp3) is 0.0476. The van der Waals surface area contributed by atoms with Crippen molar-refractivity contribution in [3.63, 3.8) is 0 Å². The Morgan fingerprint density at radius 1 is 1.07 bits per heavy atom. The first kappa shape index (κ1) is 19.7. The molecule has 6 nitrogen and oxygen atoms in total. The van der Waals surface area contributed by atoms with E-state index in [1.807, 2.05) is 0 Å². The summed E-state index contributed by atoms with van der Waals surface area (Å²) in [6.07, 6.45) is 3.12. The SMILES string of the molecule is O=C(CSc1nc2ccccc2c(=O)n1-c1cccnc1)Nc1ccc(F)c(F)c1. The smallest absolute Gasteiger partial charge is 0.266 e. The fourth-order valence-corrected chi connectivity index (χ4v) is 3.64. The minimum absolute atomic E-state index is 0.0932. The molecule has 0 aliphatic carbocycles. The Bertz CT molecular complexity index is 1300. The van der Waals surface area contributed by atoms with E-state index in [9.17, 15) is 18.4 Å². The van der Waals surface area contributed by atoms with Crippen LogP contribution in [0.4, 0.5) is 14.5 Å². The molecule has 0 bridgehead atoms. The van der Waals surface area contributed by atoms with Crippen molar-refractivity contribution in [3.05, 3.63) is 89.0 Å². The van der Waals surface area contributed by atoms with Gasteiger partial charge >= 0.3 is 0 Å². The van der Waals surface area contributed by atoms with Crippen LogP contribution >= 0.6 is 11.8 Å². The molecule has 0 spiro atoms. The molecule has 0 aliphatic heterocycles. The average molecular weight is 424 g/mol. The van der Waals surface area contributed by atoms with E-state index in [1.54, 1.807) is 42.6 Å². The third kappa shape index (κ3) is 4.06. The largest absolute Gasteiger partial charge is 0.325 e. The van der Waals surface area contributed by atoms with Gasteiger partial charge in [-0.25, -0.2) is 13.8 Å². The number of nitrogens with zero attached hydrogens (tertiary/aromatic N) is 3. The lowest BCUT2D eigenvalue weighted by atomic mass is 10.2. The van der Waals surface area contributed by atoms with Gasteiger partial charge in [-0.3, -0.25) is 19.1 Å². The van der Waals surface area contributed by atoms with Crippen LogP contribution in [0.5, 0.6) is 0 Å². The molecule has 0 saturated heterocycles. The van der Waals surface area contributed by atoms with Crippen LogP contribution in [0.15, 0.2) is 76.9 Å². The van der Waals surface area contributed by atoms with Crippen LogP contribution in [0.25, 0.3) is 16.6 Å². The number of carbonyl (C=O) groups excluding carboxylic acids is 1. The van der Waals surface area contributed by atoms with E-state index in [2.05, 4.69) is 15.3 Å². The molecule has 0 aliphatic rings. The molecule has 0 fully saturated rings. The lowest BCUT2D eigenvalue weighted by molar-refractivity contribution is -0.113. The van der Waals surface area contributed by atoms with E-state index in [0.717, 1.165) is 23.9 Å². The van der Waals surface area contributed by atoms with E-state index < -0.39 is 17.5 Å². The Kier molecular flexibility index (Phi) is 5.53. The molecule has 1 N–H and O–H groups in total. The van der Waals surface area contributed by atoms with Crippen LogP contribution in [0, 0.1) is 11.6 Å². The second-order valence-corrected chi connectivity index (χ2v) is 7.17. The lowest BCUT2D eigenvalue weighted by Gasteiger charge is -2.13. The summed E-state index contributed by atoms with van der Waals surface area (Å²) in [6, 6.07) is 13.4. The quantitative estimate of drug-likeness (QED) is 0.390. The van der Waals surface area contributed by atoms with Crippen molar-refractivity contribution in [2.24, 2.45) is 0 Å². The van der Waals surface area contributed by atoms with Gasteiger partial charge in [0.05, 0.1) is 28.5 Å². The third-order valence-corrected chi connectivity index (χ3v) is 5.12. The maximum absolute atomic E-state index is 13.3. The van der Waals surface area contributed by atoms with E-state index in [0.29, 0.717) is 21.7 Å². The van der Waals surface area contributed by atoms with E-state index in [1.165, 1.54) is 16.8 Å². The Hall–Kier alpha value is -3.59. The Balaban J connectivity index is 1.64. The highest BCUT2D eigenvalue weighted by Gasteiger charge is 2.15. The topological polar surface area (TPSA) is 76.9 Å². The first-order valence-electron chi connectivity index (χ1n) is 8.83. The number of nitrogens with one attached hydrogen (secondary N) is 1. The molecule has 0 saturated carbocycles. The average Bonchev–Trinajstić information content (AvgIpc) is 2.75. The van der Waals surface area contributed by atoms with Crippen molar-refractivity contribution < 1.29 is 13.6 Å². The molecule has 1 amide bonds. The minimum Gasteiger partial charge on any atom is -0.325 e. The minimum atomic E-state index is -1.05. The van der Waals surface area contributed by atoms with Gasteiger partial charge in [0.2, 0.25) is 5.91 Å². The lowest BCUT2D eigenvalue weighted by Crippen LogP contribution is -2.23. The second-order valence-electron chi connectivity index (χ2n) is 6.23. The van der Waals surface area contributed by atoms with Crippen molar-refractivity contribution in [2.45, 2.75) is 5.16 Å². The van der Waals surface area contributed by atoms with E-state index in [-0.39, 0.29) is 17.0 Å². The number of pyridine rings is 1. The zero-order valence-corrected chi connectivity index (χ0v) is 16.2. The molecule has 2 aromatic heterocycles. The number of aromatic nitrogens is 3. The zero-order valence-electron chi connectivity index (χ0n) is 15.4. The fourth-order valence-electron chi connectivity index (χ4n) is 2.82. The number of amides is 1. The van der Waals surface area contributed by atoms with Crippen LogP contribution < -0.4 is 10.9 Å². The predicted octanol–water partition coefficient (Wildman–Crippen LogP) is 3.79. The number of hydrogen-bond donors (Lipinski definition) is 1. The molecule has 30 heavy (non-hydrogen) atoms. The molecule has 0 atom stereocenters. The van der Waals surface area contributed by atoms with Gasteiger partial charge in [0.15, 0.2) is 16.8 Å². The summed E-state index contributed by atoms with van der Waals surface area (Å²) in [4.78, 5) is 33.9. The Morgan fingerprint density at radius 2 is 1.90 bits per heavy atom. The highest BCUT2D eigenvalue weighted by molar-refractivity contribution is 7.99. The van der Waals surface area contributed by atoms with Crippen molar-refractivity contribution in [1.82, 2.24) is 14.5 Å². The molecule has 0 unspecified atom stereocenters. The van der Waals surface area contributed by atoms with Gasteiger partial charge in [0.25, 0.3) is 5.56 Å². The summed E-state index contributed by atoms with van der Waals surface area (Å²) in [5, 5.41) is 3.25. The summed E-state index contributed by atoms with van der Waals surface area (Å²) in [7, 11) is 0. The predicted molar refractivity (Wildman–Crippen MR) is 111 cm³/mol. The van der Waals surface area contributed by atoms with Gasteiger partial charge < -0.3 is 5.32 Å². The molecule has 4 rings (SSSR count). The maximum atomic E-state index is 13.3. The summed E-state index contributed by atoms with van der Waals surface area (Å²) < 4.78 is 27.8. The number of rotatable bonds is 5. The van der Waals surface area contributed by atoms with E-state index >= 15 is 0 Å². The van der Waals surface area contributed by atoms with Crippen molar-refractivity contribution >= 4 is 34.3 Å². The van der Waals surface area contributed by atoms with Crippen molar-refractivity contribution in [3.8, 4) is 5.69 Å². The van der Waals surface area contributed by atoms with Crippen LogP contribution in [0.2, 0.25) is 0 Å². The normalized spacial score (nSPS) is 10.9. The van der Waals surface area contributed by atoms with Gasteiger partial charge in [0, 0.05) is 18.0 Å². The van der Waals surface area contributed by atoms with Crippen LogP contribution in [-0.2, 0) is 4.79 Å². The summed E-state index contributed by atoms with van der Waals surface area (Å²) in [6.45, 7) is 0. The number of anilines is 1. The number of thioether (sulfide) groups is 1. The van der Waals surface area contributed by atoms with Gasteiger partial charge in [-0.05, 0) is 36.4 Å². The van der Waals surface area contributed by atoms with Crippen LogP contribution in [0.1, 0.15) is 0 Å². The monoisotopic (exact) mass is 424 g/mol. The Labute approximate surface area is 173 Å². The van der Waals surface area contributed by atoms with E-state index in [4.69, 9.17) is 0 Å². The third-order valence-electron chi connectivity index (χ3n) is 4.18. The zero-order chi connectivity index (χ0) is 21.1. The summed E-state index contributed by atoms with van der Waals surface area (Å²) >= 11 is 1.05. The molecule has 4 aromatic rings. The maximum Gasteiger partial charge on any atom is 0.266 e. The summed E-state index contributed by atoms with van der Waals surface area (Å²) in [5.74, 6) is -2.60. The van der Waals surface area contributed by atoms with Crippen LogP contribution in [0.3, 0.4) is 0 Å². The standard InChI is InChI=1S/C21H14F2N4O2S/c22-16-8-7-13(10-17(16)23)25-19(28)12-30-21-26-18-6-2-1-5-15(18)20(29)27(21)14-4-3-9-24-11-14/h1-11H,12H2,(H,25,28). The molecule has 150 valence electrons. The Morgan fingerprint density at radius 3 is 2.67 bits per heavy atom. The molecule has 2 aromatic carbocycles. The molecule has 2 heterocycles. The highest BCUT2D eigenvalue weighted by Crippen LogP contribution is 2.21. The van der Waals surface area contributed by atoms with Gasteiger partial charge in [-0.2, -0.15) is 0 Å². The highest BCUT2D eigenvalue weighted by atomic mass is 32.2. The van der Waals surface area contributed by atoms with Gasteiger partial charge in [0.1, 0.15) is 0 Å². The number of hydrogen-bond acceptors (Lipinski definition) is 5. The molecule has 9 heteroatoms. The number of para-hydroxylation sites is 1. The van der Waals surface area contributed by atoms with Crippen molar-refractivity contribution in [2.75, 3.05) is 11.1 Å². The van der Waals surface area contributed by atoms with Crippen LogP contribution in [-0.4, -0.2) is 26.2 Å². The van der Waals surface area contributed by atoms with Gasteiger partial charge in [-0.15, -0.1) is 0 Å².